The molecule has 2 aromatic heterocycles. The molecule has 0 aliphatic rings. The van der Waals surface area contributed by atoms with E-state index in [0.29, 0.717) is 0 Å². The van der Waals surface area contributed by atoms with Gasteiger partial charge in [-0.25, -0.2) is 4.98 Å². The molecule has 7 nitrogen and oxygen atoms in total. The standard InChI is InChI=1S/C24H27N5O2S2/c1-15(2)29-22(17-10-12-18(31-5)13-11-17)26-27-24(29)32-14-21(30)28(4)16(3)23-25-19-8-6-7-9-20(19)33-23/h6-13,15-16H,14H2,1-5H3/t16-/m0/s1. The fourth-order valence-corrected chi connectivity index (χ4v) is 5.51. The number of thiazole rings is 1. The molecule has 9 heteroatoms. The molecule has 0 bridgehead atoms. The molecule has 0 spiro atoms. The molecule has 0 radical (unpaired) electrons. The second-order valence-corrected chi connectivity index (χ2v) is 9.99. The SMILES string of the molecule is COc1ccc(-c2nnc(SCC(=O)N(C)[C@@H](C)c3nc4ccccc4s3)n2C(C)C)cc1. The number of benzene rings is 2. The third kappa shape index (κ3) is 4.89. The van der Waals surface area contributed by atoms with Gasteiger partial charge >= 0.3 is 0 Å². The lowest BCUT2D eigenvalue weighted by atomic mass is 10.2. The number of nitrogens with zero attached hydrogens (tertiary/aromatic N) is 5. The number of carbonyl (C=O) groups excluding carboxylic acids is 1. The zero-order valence-electron chi connectivity index (χ0n) is 19.3. The van der Waals surface area contributed by atoms with Gasteiger partial charge in [0.1, 0.15) is 10.8 Å². The number of methoxy groups -OCH3 is 1. The maximum atomic E-state index is 13.0. The van der Waals surface area contributed by atoms with Gasteiger partial charge in [-0.3, -0.25) is 9.36 Å². The van der Waals surface area contributed by atoms with Crippen molar-refractivity contribution in [3.05, 3.63) is 53.5 Å². The van der Waals surface area contributed by atoms with Gasteiger partial charge in [0.2, 0.25) is 5.91 Å². The highest BCUT2D eigenvalue weighted by molar-refractivity contribution is 7.99. The quantitative estimate of drug-likeness (QED) is 0.311. The summed E-state index contributed by atoms with van der Waals surface area (Å²) in [6.07, 6.45) is 0. The molecule has 4 rings (SSSR count). The molecule has 0 saturated carbocycles. The van der Waals surface area contributed by atoms with Crippen molar-refractivity contribution in [1.82, 2.24) is 24.6 Å². The Morgan fingerprint density at radius 2 is 1.85 bits per heavy atom. The van der Waals surface area contributed by atoms with E-state index in [0.717, 1.165) is 37.5 Å². The molecule has 2 aromatic carbocycles. The van der Waals surface area contributed by atoms with E-state index < -0.39 is 0 Å². The molecule has 0 saturated heterocycles. The van der Waals surface area contributed by atoms with E-state index in [2.05, 4.69) is 34.7 Å². The summed E-state index contributed by atoms with van der Waals surface area (Å²) >= 11 is 3.04. The topological polar surface area (TPSA) is 73.1 Å². The Labute approximate surface area is 201 Å². The van der Waals surface area contributed by atoms with Gasteiger partial charge in [0.25, 0.3) is 0 Å². The summed E-state index contributed by atoms with van der Waals surface area (Å²) in [7, 11) is 3.47. The number of hydrogen-bond acceptors (Lipinski definition) is 7. The fraction of sp³-hybridized carbons (Fsp3) is 0.333. The maximum Gasteiger partial charge on any atom is 0.233 e. The van der Waals surface area contributed by atoms with E-state index in [1.54, 1.807) is 23.3 Å². The van der Waals surface area contributed by atoms with Crippen LogP contribution in [-0.2, 0) is 4.79 Å². The van der Waals surface area contributed by atoms with Crippen molar-refractivity contribution in [3.63, 3.8) is 0 Å². The van der Waals surface area contributed by atoms with Crippen molar-refractivity contribution in [1.29, 1.82) is 0 Å². The summed E-state index contributed by atoms with van der Waals surface area (Å²) in [6.45, 7) is 6.19. The van der Waals surface area contributed by atoms with Crippen molar-refractivity contribution < 1.29 is 9.53 Å². The summed E-state index contributed by atoms with van der Waals surface area (Å²) in [5.41, 5.74) is 1.92. The Kier molecular flexibility index (Phi) is 6.99. The number of hydrogen-bond donors (Lipinski definition) is 0. The van der Waals surface area contributed by atoms with Crippen LogP contribution in [-0.4, -0.2) is 50.5 Å². The van der Waals surface area contributed by atoms with E-state index in [9.17, 15) is 4.79 Å². The van der Waals surface area contributed by atoms with Gasteiger partial charge in [-0.2, -0.15) is 0 Å². The highest BCUT2D eigenvalue weighted by Gasteiger charge is 2.23. The van der Waals surface area contributed by atoms with Crippen LogP contribution in [0.3, 0.4) is 0 Å². The van der Waals surface area contributed by atoms with Crippen LogP contribution in [0.15, 0.2) is 53.7 Å². The van der Waals surface area contributed by atoms with Crippen LogP contribution in [0.2, 0.25) is 0 Å². The Balaban J connectivity index is 1.47. The van der Waals surface area contributed by atoms with Gasteiger partial charge in [0.05, 0.1) is 29.1 Å². The van der Waals surface area contributed by atoms with E-state index in [-0.39, 0.29) is 23.7 Å². The monoisotopic (exact) mass is 481 g/mol. The van der Waals surface area contributed by atoms with Crippen LogP contribution in [0.1, 0.15) is 37.9 Å². The van der Waals surface area contributed by atoms with Crippen LogP contribution in [0, 0.1) is 0 Å². The molecule has 2 heterocycles. The maximum absolute atomic E-state index is 13.0. The summed E-state index contributed by atoms with van der Waals surface area (Å²) in [4.78, 5) is 19.4. The number of ether oxygens (including phenoxy) is 1. The Bertz CT molecular complexity index is 1220. The normalized spacial score (nSPS) is 12.3. The number of para-hydroxylation sites is 1. The molecule has 4 aromatic rings. The summed E-state index contributed by atoms with van der Waals surface area (Å²) in [5.74, 6) is 1.87. The number of carbonyl (C=O) groups is 1. The lowest BCUT2D eigenvalue weighted by Crippen LogP contribution is -2.31. The van der Waals surface area contributed by atoms with Crippen molar-refractivity contribution in [2.45, 2.75) is 38.0 Å². The summed E-state index contributed by atoms with van der Waals surface area (Å²) in [5, 5.41) is 10.5. The number of rotatable bonds is 8. The second-order valence-electron chi connectivity index (χ2n) is 7.99. The molecule has 33 heavy (non-hydrogen) atoms. The smallest absolute Gasteiger partial charge is 0.233 e. The largest absolute Gasteiger partial charge is 0.497 e. The molecule has 0 aliphatic carbocycles. The molecule has 1 amide bonds. The first-order valence-corrected chi connectivity index (χ1v) is 12.5. The van der Waals surface area contributed by atoms with Gasteiger partial charge in [-0.05, 0) is 57.2 Å². The first-order valence-electron chi connectivity index (χ1n) is 10.7. The average molecular weight is 482 g/mol. The lowest BCUT2D eigenvalue weighted by Gasteiger charge is -2.23. The minimum atomic E-state index is -0.103. The predicted molar refractivity (Wildman–Crippen MR) is 134 cm³/mol. The minimum absolute atomic E-state index is 0.0241. The number of thioether (sulfide) groups is 1. The summed E-state index contributed by atoms with van der Waals surface area (Å²) < 4.78 is 8.45. The Morgan fingerprint density at radius 3 is 2.52 bits per heavy atom. The van der Waals surface area contributed by atoms with E-state index in [4.69, 9.17) is 9.72 Å². The second kappa shape index (κ2) is 9.93. The van der Waals surface area contributed by atoms with Gasteiger partial charge in [0, 0.05) is 18.7 Å². The molecule has 0 N–H and O–H groups in total. The van der Waals surface area contributed by atoms with Crippen molar-refractivity contribution in [3.8, 4) is 17.1 Å². The highest BCUT2D eigenvalue weighted by Crippen LogP contribution is 2.31. The van der Waals surface area contributed by atoms with Gasteiger partial charge in [-0.15, -0.1) is 21.5 Å². The molecule has 0 unspecified atom stereocenters. The fourth-order valence-electron chi connectivity index (χ4n) is 3.46. The van der Waals surface area contributed by atoms with Gasteiger partial charge in [-0.1, -0.05) is 23.9 Å². The molecule has 0 fully saturated rings. The molecule has 172 valence electrons. The Hall–Kier alpha value is -2.91. The van der Waals surface area contributed by atoms with Crippen LogP contribution in [0.25, 0.3) is 21.6 Å². The van der Waals surface area contributed by atoms with Crippen LogP contribution in [0.5, 0.6) is 5.75 Å². The average Bonchev–Trinajstić information content (AvgIpc) is 3.46. The van der Waals surface area contributed by atoms with Crippen LogP contribution < -0.4 is 4.74 Å². The zero-order valence-corrected chi connectivity index (χ0v) is 21.0. The first-order chi connectivity index (χ1) is 15.9. The highest BCUT2D eigenvalue weighted by atomic mass is 32.2. The third-order valence-corrected chi connectivity index (χ3v) is 7.63. The zero-order chi connectivity index (χ0) is 23.5. The van der Waals surface area contributed by atoms with Crippen molar-refractivity contribution >= 4 is 39.2 Å². The van der Waals surface area contributed by atoms with Crippen LogP contribution >= 0.6 is 23.1 Å². The van der Waals surface area contributed by atoms with Crippen molar-refractivity contribution in [2.24, 2.45) is 0 Å². The molecular formula is C24H27N5O2S2. The number of aromatic nitrogens is 4. The molecular weight excluding hydrogens is 454 g/mol. The van der Waals surface area contributed by atoms with Crippen LogP contribution in [0.4, 0.5) is 0 Å². The van der Waals surface area contributed by atoms with E-state index in [1.165, 1.54) is 11.8 Å². The Morgan fingerprint density at radius 1 is 1.12 bits per heavy atom. The van der Waals surface area contributed by atoms with Gasteiger partial charge < -0.3 is 9.64 Å². The predicted octanol–water partition coefficient (Wildman–Crippen LogP) is 5.46. The minimum Gasteiger partial charge on any atom is -0.497 e. The first kappa shape index (κ1) is 23.3. The number of fused-ring (bicyclic) bond motifs is 1. The molecule has 1 atom stereocenters. The molecule has 0 aliphatic heterocycles. The van der Waals surface area contributed by atoms with E-state index >= 15 is 0 Å². The lowest BCUT2D eigenvalue weighted by molar-refractivity contribution is -0.128. The van der Waals surface area contributed by atoms with Crippen molar-refractivity contribution in [2.75, 3.05) is 19.9 Å². The summed E-state index contributed by atoms with van der Waals surface area (Å²) in [6, 6.07) is 15.8. The van der Waals surface area contributed by atoms with E-state index in [1.807, 2.05) is 56.4 Å². The third-order valence-electron chi connectivity index (χ3n) is 5.50. The number of amides is 1. The van der Waals surface area contributed by atoms with Gasteiger partial charge in [0.15, 0.2) is 11.0 Å².